The molecule has 1 aromatic rings. The fraction of sp³-hybridized carbons (Fsp3) is 0.611. The molecule has 1 amide bonds. The summed E-state index contributed by atoms with van der Waals surface area (Å²) in [6, 6.07) is 8.48. The van der Waals surface area contributed by atoms with Gasteiger partial charge in [-0.25, -0.2) is 0 Å². The zero-order chi connectivity index (χ0) is 15.1. The molecule has 1 heterocycles. The normalized spacial score (nSPS) is 18.5. The molecule has 1 fully saturated rings. The Morgan fingerprint density at radius 2 is 2.10 bits per heavy atom. The lowest BCUT2D eigenvalue weighted by Crippen LogP contribution is -2.46. The van der Waals surface area contributed by atoms with Gasteiger partial charge in [-0.2, -0.15) is 0 Å². The highest BCUT2D eigenvalue weighted by atomic mass is 16.2. The summed E-state index contributed by atoms with van der Waals surface area (Å²) < 4.78 is 0. The Kier molecular flexibility index (Phi) is 6.24. The first kappa shape index (κ1) is 16.0. The second-order valence-electron chi connectivity index (χ2n) is 5.91. The molecule has 0 aliphatic carbocycles. The van der Waals surface area contributed by atoms with Crippen molar-refractivity contribution < 1.29 is 4.79 Å². The number of benzene rings is 1. The van der Waals surface area contributed by atoms with E-state index in [9.17, 15) is 4.79 Å². The highest BCUT2D eigenvalue weighted by Crippen LogP contribution is 2.15. The maximum absolute atomic E-state index is 12.9. The molecule has 0 spiro atoms. The molecule has 21 heavy (non-hydrogen) atoms. The molecule has 1 saturated heterocycles. The Bertz CT molecular complexity index is 452. The number of carbonyl (C=O) groups excluding carboxylic acids is 1. The van der Waals surface area contributed by atoms with Crippen molar-refractivity contribution >= 4 is 5.91 Å². The third-order valence-corrected chi connectivity index (χ3v) is 4.26. The van der Waals surface area contributed by atoms with Crippen LogP contribution in [0.5, 0.6) is 0 Å². The van der Waals surface area contributed by atoms with Crippen LogP contribution in [0.4, 0.5) is 0 Å². The van der Waals surface area contributed by atoms with E-state index in [2.05, 4.69) is 25.2 Å². The topological polar surface area (TPSA) is 32.3 Å². The van der Waals surface area contributed by atoms with E-state index in [4.69, 9.17) is 0 Å². The first-order chi connectivity index (χ1) is 10.3. The fourth-order valence-corrected chi connectivity index (χ4v) is 3.10. The second kappa shape index (κ2) is 8.18. The van der Waals surface area contributed by atoms with Crippen molar-refractivity contribution in [1.29, 1.82) is 0 Å². The number of aryl methyl sites for hydroxylation is 1. The van der Waals surface area contributed by atoms with Crippen LogP contribution in [0.3, 0.4) is 0 Å². The first-order valence-electron chi connectivity index (χ1n) is 8.36. The van der Waals surface area contributed by atoms with Gasteiger partial charge in [-0.1, -0.05) is 38.5 Å². The molecule has 1 unspecified atom stereocenters. The monoisotopic (exact) mass is 288 g/mol. The minimum absolute atomic E-state index is 0.196. The van der Waals surface area contributed by atoms with Gasteiger partial charge in [0.1, 0.15) is 0 Å². The van der Waals surface area contributed by atoms with Crippen LogP contribution in [0.25, 0.3) is 0 Å². The average Bonchev–Trinajstić information content (AvgIpc) is 2.54. The highest BCUT2D eigenvalue weighted by molar-refractivity contribution is 5.95. The Labute approximate surface area is 128 Å². The largest absolute Gasteiger partial charge is 0.337 e. The molecule has 1 aromatic carbocycles. The molecule has 0 aromatic heterocycles. The number of nitrogens with one attached hydrogen (secondary N) is 1. The van der Waals surface area contributed by atoms with Gasteiger partial charge in [-0.15, -0.1) is 0 Å². The van der Waals surface area contributed by atoms with Crippen molar-refractivity contribution in [3.05, 3.63) is 35.4 Å². The summed E-state index contributed by atoms with van der Waals surface area (Å²) in [5.41, 5.74) is 2.03. The minimum atomic E-state index is 0.196. The van der Waals surface area contributed by atoms with Crippen LogP contribution in [0.15, 0.2) is 24.3 Å². The molecule has 116 valence electrons. The van der Waals surface area contributed by atoms with Crippen LogP contribution in [0, 0.1) is 0 Å². The van der Waals surface area contributed by atoms with Gasteiger partial charge in [-0.3, -0.25) is 4.79 Å². The smallest absolute Gasteiger partial charge is 0.254 e. The molecular weight excluding hydrogens is 260 g/mol. The van der Waals surface area contributed by atoms with Gasteiger partial charge in [0.25, 0.3) is 5.91 Å². The van der Waals surface area contributed by atoms with Gasteiger partial charge < -0.3 is 10.2 Å². The summed E-state index contributed by atoms with van der Waals surface area (Å²) in [6.45, 7) is 7.02. The van der Waals surface area contributed by atoms with E-state index in [1.807, 2.05) is 23.1 Å². The van der Waals surface area contributed by atoms with Crippen LogP contribution in [0.1, 0.15) is 55.5 Å². The predicted molar refractivity (Wildman–Crippen MR) is 87.7 cm³/mol. The SMILES string of the molecule is CCCN(CC1CCCCN1)C(=O)c1ccccc1CC. The van der Waals surface area contributed by atoms with Gasteiger partial charge in [0, 0.05) is 24.7 Å². The standard InChI is InChI=1S/C18H28N2O/c1-3-13-20(14-16-10-7-8-12-19-16)18(21)17-11-6-5-9-15(17)4-2/h5-6,9,11,16,19H,3-4,7-8,10,12-14H2,1-2H3. The van der Waals surface area contributed by atoms with Gasteiger partial charge in [0.05, 0.1) is 0 Å². The Balaban J connectivity index is 2.10. The van der Waals surface area contributed by atoms with Crippen LogP contribution in [-0.2, 0) is 6.42 Å². The van der Waals surface area contributed by atoms with Crippen molar-refractivity contribution in [2.24, 2.45) is 0 Å². The van der Waals surface area contributed by atoms with Crippen molar-refractivity contribution in [3.63, 3.8) is 0 Å². The number of amides is 1. The van der Waals surface area contributed by atoms with E-state index < -0.39 is 0 Å². The number of carbonyl (C=O) groups is 1. The highest BCUT2D eigenvalue weighted by Gasteiger charge is 2.22. The van der Waals surface area contributed by atoms with Crippen LogP contribution in [-0.4, -0.2) is 36.5 Å². The molecule has 0 radical (unpaired) electrons. The minimum Gasteiger partial charge on any atom is -0.337 e. The van der Waals surface area contributed by atoms with E-state index in [0.29, 0.717) is 6.04 Å². The first-order valence-corrected chi connectivity index (χ1v) is 8.36. The molecule has 1 N–H and O–H groups in total. The number of rotatable bonds is 6. The number of hydrogen-bond donors (Lipinski definition) is 1. The van der Waals surface area contributed by atoms with E-state index in [0.717, 1.165) is 43.6 Å². The van der Waals surface area contributed by atoms with Crippen LogP contribution in [0.2, 0.25) is 0 Å². The zero-order valence-corrected chi connectivity index (χ0v) is 13.4. The maximum atomic E-state index is 12.9. The Hall–Kier alpha value is -1.35. The Morgan fingerprint density at radius 3 is 2.76 bits per heavy atom. The van der Waals surface area contributed by atoms with Crippen molar-refractivity contribution in [2.75, 3.05) is 19.6 Å². The lowest BCUT2D eigenvalue weighted by molar-refractivity contribution is 0.0730. The Morgan fingerprint density at radius 1 is 1.29 bits per heavy atom. The molecular formula is C18H28N2O. The third-order valence-electron chi connectivity index (χ3n) is 4.26. The van der Waals surface area contributed by atoms with Crippen LogP contribution < -0.4 is 5.32 Å². The predicted octanol–water partition coefficient (Wildman–Crippen LogP) is 3.24. The maximum Gasteiger partial charge on any atom is 0.254 e. The van der Waals surface area contributed by atoms with Crippen molar-refractivity contribution in [3.8, 4) is 0 Å². The van der Waals surface area contributed by atoms with Gasteiger partial charge in [0.15, 0.2) is 0 Å². The summed E-state index contributed by atoms with van der Waals surface area (Å²) in [4.78, 5) is 14.9. The molecule has 1 atom stereocenters. The lowest BCUT2D eigenvalue weighted by Gasteiger charge is -2.31. The fourth-order valence-electron chi connectivity index (χ4n) is 3.10. The number of hydrogen-bond acceptors (Lipinski definition) is 2. The van der Waals surface area contributed by atoms with E-state index in [1.54, 1.807) is 0 Å². The third kappa shape index (κ3) is 4.31. The lowest BCUT2D eigenvalue weighted by atomic mass is 10.0. The molecule has 0 bridgehead atoms. The van der Waals surface area contributed by atoms with E-state index in [-0.39, 0.29) is 5.91 Å². The summed E-state index contributed by atoms with van der Waals surface area (Å²) in [6.07, 6.45) is 5.63. The zero-order valence-electron chi connectivity index (χ0n) is 13.4. The summed E-state index contributed by atoms with van der Waals surface area (Å²) in [5.74, 6) is 0.196. The molecule has 2 rings (SSSR count). The number of nitrogens with zero attached hydrogens (tertiary/aromatic N) is 1. The van der Waals surface area contributed by atoms with Crippen molar-refractivity contribution in [2.45, 2.75) is 52.0 Å². The van der Waals surface area contributed by atoms with Crippen molar-refractivity contribution in [1.82, 2.24) is 10.2 Å². The number of piperidine rings is 1. The van der Waals surface area contributed by atoms with E-state index >= 15 is 0 Å². The molecule has 3 heteroatoms. The van der Waals surface area contributed by atoms with Gasteiger partial charge in [0.2, 0.25) is 0 Å². The van der Waals surface area contributed by atoms with Crippen LogP contribution >= 0.6 is 0 Å². The van der Waals surface area contributed by atoms with E-state index in [1.165, 1.54) is 19.3 Å². The molecule has 0 saturated carbocycles. The van der Waals surface area contributed by atoms with Gasteiger partial charge >= 0.3 is 0 Å². The molecule has 1 aliphatic heterocycles. The summed E-state index contributed by atoms with van der Waals surface area (Å²) in [5, 5.41) is 3.55. The summed E-state index contributed by atoms with van der Waals surface area (Å²) in [7, 11) is 0. The second-order valence-corrected chi connectivity index (χ2v) is 5.91. The molecule has 1 aliphatic rings. The van der Waals surface area contributed by atoms with Gasteiger partial charge in [-0.05, 0) is 43.9 Å². The summed E-state index contributed by atoms with van der Waals surface area (Å²) >= 11 is 0. The molecule has 3 nitrogen and oxygen atoms in total. The average molecular weight is 288 g/mol. The quantitative estimate of drug-likeness (QED) is 0.871.